The number of amides is 1. The van der Waals surface area contributed by atoms with Crippen LogP contribution in [0.5, 0.6) is 17.2 Å². The summed E-state index contributed by atoms with van der Waals surface area (Å²) in [5, 5.41) is 18.5. The molecule has 1 aliphatic heterocycles. The molecule has 3 aromatic carbocycles. The Morgan fingerprint density at radius 2 is 1.87 bits per heavy atom. The Morgan fingerprint density at radius 1 is 1.08 bits per heavy atom. The van der Waals surface area contributed by atoms with Gasteiger partial charge in [0.25, 0.3) is 5.91 Å². The number of phenolic OH excluding ortho intramolecular Hbond substituents is 1. The summed E-state index contributed by atoms with van der Waals surface area (Å²) in [6.45, 7) is 5.28. The topological polar surface area (TPSA) is 87.7 Å². The Hall–Kier alpha value is -3.97. The molecule has 1 aromatic heterocycles. The number of benzene rings is 3. The van der Waals surface area contributed by atoms with E-state index in [1.165, 1.54) is 6.07 Å². The molecule has 1 atom stereocenters. The van der Waals surface area contributed by atoms with Crippen molar-refractivity contribution in [1.29, 1.82) is 0 Å². The van der Waals surface area contributed by atoms with Crippen LogP contribution in [0.4, 0.5) is 0 Å². The quantitative estimate of drug-likeness (QED) is 0.253. The first-order valence-electron chi connectivity index (χ1n) is 12.6. The maximum absolute atomic E-state index is 13.7. The fraction of sp³-hybridized carbons (Fsp3) is 0.267. The molecule has 38 heavy (non-hydrogen) atoms. The predicted molar refractivity (Wildman–Crippen MR) is 147 cm³/mol. The maximum atomic E-state index is 13.7. The van der Waals surface area contributed by atoms with Gasteiger partial charge in [-0.05, 0) is 53.8 Å². The average Bonchev–Trinajstić information content (AvgIpc) is 3.45. The number of carbonyl (C=O) groups excluding carboxylic acids is 1. The number of hydrogen-bond acceptors (Lipinski definition) is 5. The second kappa shape index (κ2) is 10.8. The van der Waals surface area contributed by atoms with Gasteiger partial charge in [-0.2, -0.15) is 5.10 Å². The van der Waals surface area contributed by atoms with Crippen molar-refractivity contribution >= 4 is 17.5 Å². The van der Waals surface area contributed by atoms with E-state index in [4.69, 9.17) is 21.1 Å². The van der Waals surface area contributed by atoms with Gasteiger partial charge in [-0.15, -0.1) is 0 Å². The third-order valence-corrected chi connectivity index (χ3v) is 6.96. The highest BCUT2D eigenvalue weighted by atomic mass is 35.5. The first-order chi connectivity index (χ1) is 18.4. The second-order valence-electron chi connectivity index (χ2n) is 9.78. The van der Waals surface area contributed by atoms with Crippen LogP contribution in [-0.4, -0.2) is 39.8 Å². The van der Waals surface area contributed by atoms with E-state index >= 15 is 0 Å². The molecular formula is C30H30ClN3O4. The van der Waals surface area contributed by atoms with Crippen LogP contribution < -0.4 is 9.47 Å². The summed E-state index contributed by atoms with van der Waals surface area (Å²) in [6, 6.07) is 19.9. The van der Waals surface area contributed by atoms with Crippen LogP contribution >= 0.6 is 11.6 Å². The number of methoxy groups -OCH3 is 1. The molecule has 0 bridgehead atoms. The van der Waals surface area contributed by atoms with Crippen LogP contribution in [0.2, 0.25) is 5.02 Å². The van der Waals surface area contributed by atoms with E-state index in [0.29, 0.717) is 58.1 Å². The standard InChI is InChI=1S/C30H30ClN3O4/c1-18(2)13-14-38-24-12-9-20(15-25(24)37-3)29-26-27(22-16-21(31)10-11-23(22)35)32-33-28(26)30(36)34(29)17-19-7-5-4-6-8-19/h4-12,15-16,18,29,35H,13-14,17H2,1-3H3,(H,32,33). The van der Waals surface area contributed by atoms with Gasteiger partial charge < -0.3 is 19.5 Å². The highest BCUT2D eigenvalue weighted by molar-refractivity contribution is 6.31. The zero-order valence-corrected chi connectivity index (χ0v) is 22.3. The van der Waals surface area contributed by atoms with Gasteiger partial charge in [0.2, 0.25) is 0 Å². The normalized spacial score (nSPS) is 14.7. The lowest BCUT2D eigenvalue weighted by atomic mass is 9.95. The minimum Gasteiger partial charge on any atom is -0.507 e. The Morgan fingerprint density at radius 3 is 2.61 bits per heavy atom. The van der Waals surface area contributed by atoms with E-state index in [-0.39, 0.29) is 11.7 Å². The molecule has 196 valence electrons. The van der Waals surface area contributed by atoms with Gasteiger partial charge in [0.05, 0.1) is 19.8 Å². The number of nitrogens with zero attached hydrogens (tertiary/aromatic N) is 2. The molecule has 8 heteroatoms. The number of fused-ring (bicyclic) bond motifs is 1. The number of hydrogen-bond donors (Lipinski definition) is 2. The SMILES string of the molecule is COc1cc(C2c3c(-c4cc(Cl)ccc4O)n[nH]c3C(=O)N2Cc2ccccc2)ccc1OCCC(C)C. The molecule has 1 aliphatic rings. The summed E-state index contributed by atoms with van der Waals surface area (Å²) >= 11 is 6.26. The Bertz CT molecular complexity index is 1450. The van der Waals surface area contributed by atoms with E-state index in [9.17, 15) is 9.90 Å². The van der Waals surface area contributed by atoms with Crippen molar-refractivity contribution in [3.05, 3.63) is 94.1 Å². The second-order valence-corrected chi connectivity index (χ2v) is 10.2. The molecule has 0 fully saturated rings. The zero-order valence-electron chi connectivity index (χ0n) is 21.6. The molecule has 0 spiro atoms. The van der Waals surface area contributed by atoms with Crippen LogP contribution in [0.3, 0.4) is 0 Å². The Balaban J connectivity index is 1.61. The summed E-state index contributed by atoms with van der Waals surface area (Å²) < 4.78 is 11.7. The van der Waals surface area contributed by atoms with Crippen LogP contribution in [0.25, 0.3) is 11.3 Å². The van der Waals surface area contributed by atoms with Gasteiger partial charge in [0, 0.05) is 22.7 Å². The molecular weight excluding hydrogens is 502 g/mol. The molecule has 2 N–H and O–H groups in total. The fourth-order valence-electron chi connectivity index (χ4n) is 4.77. The van der Waals surface area contributed by atoms with Crippen LogP contribution in [0.1, 0.15) is 53.5 Å². The first-order valence-corrected chi connectivity index (χ1v) is 13.0. The zero-order chi connectivity index (χ0) is 26.8. The van der Waals surface area contributed by atoms with E-state index in [2.05, 4.69) is 24.0 Å². The number of H-pyrrole nitrogens is 1. The molecule has 5 rings (SSSR count). The minimum atomic E-state index is -0.483. The molecule has 0 saturated heterocycles. The lowest BCUT2D eigenvalue weighted by molar-refractivity contribution is 0.0730. The number of aromatic nitrogens is 2. The van der Waals surface area contributed by atoms with Crippen molar-refractivity contribution in [2.45, 2.75) is 32.9 Å². The first kappa shape index (κ1) is 25.7. The van der Waals surface area contributed by atoms with Crippen molar-refractivity contribution in [3.63, 3.8) is 0 Å². The molecule has 0 aliphatic carbocycles. The Kier molecular flexibility index (Phi) is 7.29. The number of phenols is 1. The van der Waals surface area contributed by atoms with Crippen molar-refractivity contribution in [3.8, 4) is 28.5 Å². The molecule has 0 radical (unpaired) electrons. The monoisotopic (exact) mass is 531 g/mol. The molecule has 2 heterocycles. The number of carbonyl (C=O) groups is 1. The van der Waals surface area contributed by atoms with Gasteiger partial charge in [0.15, 0.2) is 11.5 Å². The molecule has 1 amide bonds. The van der Waals surface area contributed by atoms with E-state index in [1.54, 1.807) is 24.1 Å². The Labute approximate surface area is 227 Å². The average molecular weight is 532 g/mol. The number of rotatable bonds is 9. The van der Waals surface area contributed by atoms with Gasteiger partial charge in [-0.25, -0.2) is 0 Å². The maximum Gasteiger partial charge on any atom is 0.273 e. The lowest BCUT2D eigenvalue weighted by Crippen LogP contribution is -2.29. The fourth-order valence-corrected chi connectivity index (χ4v) is 4.94. The smallest absolute Gasteiger partial charge is 0.273 e. The van der Waals surface area contributed by atoms with Gasteiger partial charge in [-0.1, -0.05) is 61.8 Å². The van der Waals surface area contributed by atoms with E-state index < -0.39 is 6.04 Å². The minimum absolute atomic E-state index is 0.0305. The third kappa shape index (κ3) is 4.94. The predicted octanol–water partition coefficient (Wildman–Crippen LogP) is 6.61. The van der Waals surface area contributed by atoms with Crippen LogP contribution in [0.15, 0.2) is 66.7 Å². The van der Waals surface area contributed by atoms with Crippen LogP contribution in [-0.2, 0) is 6.54 Å². The summed E-state index contributed by atoms with van der Waals surface area (Å²) in [4.78, 5) is 15.5. The number of aromatic amines is 1. The molecule has 0 saturated carbocycles. The van der Waals surface area contributed by atoms with Crippen molar-refractivity contribution < 1.29 is 19.4 Å². The molecule has 7 nitrogen and oxygen atoms in total. The van der Waals surface area contributed by atoms with Gasteiger partial charge >= 0.3 is 0 Å². The number of nitrogens with one attached hydrogen (secondary N) is 1. The highest BCUT2D eigenvalue weighted by Gasteiger charge is 2.42. The largest absolute Gasteiger partial charge is 0.507 e. The number of halogens is 1. The van der Waals surface area contributed by atoms with Crippen LogP contribution in [0, 0.1) is 5.92 Å². The van der Waals surface area contributed by atoms with Crippen molar-refractivity contribution in [2.24, 2.45) is 5.92 Å². The summed E-state index contributed by atoms with van der Waals surface area (Å²) in [5.74, 6) is 1.61. The summed E-state index contributed by atoms with van der Waals surface area (Å²) in [7, 11) is 1.61. The number of ether oxygens (including phenoxy) is 2. The summed E-state index contributed by atoms with van der Waals surface area (Å²) in [6.07, 6.45) is 0.928. The lowest BCUT2D eigenvalue weighted by Gasteiger charge is -2.27. The number of aromatic hydroxyl groups is 1. The van der Waals surface area contributed by atoms with Gasteiger partial charge in [-0.3, -0.25) is 9.89 Å². The van der Waals surface area contributed by atoms with Crippen molar-refractivity contribution in [2.75, 3.05) is 13.7 Å². The third-order valence-electron chi connectivity index (χ3n) is 6.73. The van der Waals surface area contributed by atoms with E-state index in [0.717, 1.165) is 17.5 Å². The van der Waals surface area contributed by atoms with Gasteiger partial charge in [0.1, 0.15) is 17.1 Å². The molecule has 1 unspecified atom stereocenters. The summed E-state index contributed by atoms with van der Waals surface area (Å²) in [5.41, 5.74) is 3.83. The van der Waals surface area contributed by atoms with E-state index in [1.807, 2.05) is 48.5 Å². The van der Waals surface area contributed by atoms with Crippen molar-refractivity contribution in [1.82, 2.24) is 15.1 Å². The highest BCUT2D eigenvalue weighted by Crippen LogP contribution is 2.46. The molecule has 4 aromatic rings.